The Morgan fingerprint density at radius 2 is 1.86 bits per heavy atom. The predicted octanol–water partition coefficient (Wildman–Crippen LogP) is 3.20. The lowest BCUT2D eigenvalue weighted by atomic mass is 10.1. The van der Waals surface area contributed by atoms with E-state index in [4.69, 9.17) is 9.84 Å². The molecule has 2 aromatic rings. The summed E-state index contributed by atoms with van der Waals surface area (Å²) in [5.41, 5.74) is 3.71. The highest BCUT2D eigenvalue weighted by molar-refractivity contribution is 5.94. The van der Waals surface area contributed by atoms with E-state index in [2.05, 4.69) is 11.4 Å². The average molecular weight is 299 g/mol. The summed E-state index contributed by atoms with van der Waals surface area (Å²) in [5.74, 6) is 0.356. The molecule has 2 N–H and O–H groups in total. The van der Waals surface area contributed by atoms with Gasteiger partial charge in [-0.2, -0.15) is 0 Å². The number of anilines is 1. The molecule has 0 saturated heterocycles. The van der Waals surface area contributed by atoms with Crippen LogP contribution in [0.4, 0.5) is 5.69 Å². The number of hydrogen-bond acceptors (Lipinski definition) is 3. The standard InChI is InChI=1S/C18H21NO3/c1-12-7-13(2)9-16(8-12)19-18(21)14(3)22-17-6-4-5-15(10-17)11-20/h4-10,14,20H,11H2,1-3H3,(H,19,21). The van der Waals surface area contributed by atoms with Gasteiger partial charge in [0.1, 0.15) is 5.75 Å². The number of hydrogen-bond donors (Lipinski definition) is 2. The number of nitrogens with one attached hydrogen (secondary N) is 1. The van der Waals surface area contributed by atoms with E-state index < -0.39 is 6.10 Å². The van der Waals surface area contributed by atoms with E-state index in [-0.39, 0.29) is 12.5 Å². The number of aryl methyl sites for hydroxylation is 2. The summed E-state index contributed by atoms with van der Waals surface area (Å²) in [6, 6.07) is 13.0. The zero-order valence-electron chi connectivity index (χ0n) is 13.1. The van der Waals surface area contributed by atoms with Crippen LogP contribution in [0.5, 0.6) is 5.75 Å². The molecular formula is C18H21NO3. The molecule has 0 saturated carbocycles. The van der Waals surface area contributed by atoms with Crippen molar-refractivity contribution >= 4 is 11.6 Å². The molecule has 1 amide bonds. The fourth-order valence-corrected chi connectivity index (χ4v) is 2.27. The molecule has 0 aromatic heterocycles. The summed E-state index contributed by atoms with van der Waals surface area (Å²) in [6.45, 7) is 5.62. The first-order chi connectivity index (χ1) is 10.5. The van der Waals surface area contributed by atoms with Crippen LogP contribution in [0.1, 0.15) is 23.6 Å². The van der Waals surface area contributed by atoms with Crippen LogP contribution >= 0.6 is 0 Å². The van der Waals surface area contributed by atoms with Crippen molar-refractivity contribution in [1.82, 2.24) is 0 Å². The van der Waals surface area contributed by atoms with E-state index in [1.54, 1.807) is 31.2 Å². The van der Waals surface area contributed by atoms with Gasteiger partial charge in [-0.05, 0) is 61.7 Å². The lowest BCUT2D eigenvalue weighted by molar-refractivity contribution is -0.122. The van der Waals surface area contributed by atoms with Crippen LogP contribution in [-0.2, 0) is 11.4 Å². The maximum atomic E-state index is 12.2. The molecule has 0 fully saturated rings. The lowest BCUT2D eigenvalue weighted by Gasteiger charge is -2.15. The number of amides is 1. The first-order valence-electron chi connectivity index (χ1n) is 7.23. The van der Waals surface area contributed by atoms with Gasteiger partial charge in [-0.1, -0.05) is 18.2 Å². The van der Waals surface area contributed by atoms with E-state index in [0.717, 1.165) is 22.4 Å². The summed E-state index contributed by atoms with van der Waals surface area (Å²) in [5, 5.41) is 12.0. The Morgan fingerprint density at radius 1 is 1.18 bits per heavy atom. The number of rotatable bonds is 5. The van der Waals surface area contributed by atoms with Crippen LogP contribution in [0.25, 0.3) is 0 Å². The summed E-state index contributed by atoms with van der Waals surface area (Å²) >= 11 is 0. The Hall–Kier alpha value is -2.33. The zero-order chi connectivity index (χ0) is 16.1. The normalized spacial score (nSPS) is 11.8. The molecule has 22 heavy (non-hydrogen) atoms. The third-order valence-electron chi connectivity index (χ3n) is 3.25. The molecule has 0 aliphatic heterocycles. The number of aliphatic hydroxyl groups is 1. The van der Waals surface area contributed by atoms with Crippen molar-refractivity contribution in [3.05, 3.63) is 59.2 Å². The Bertz CT molecular complexity index is 647. The molecule has 0 bridgehead atoms. The van der Waals surface area contributed by atoms with Gasteiger partial charge < -0.3 is 15.2 Å². The van der Waals surface area contributed by atoms with Gasteiger partial charge in [0.2, 0.25) is 0 Å². The lowest BCUT2D eigenvalue weighted by Crippen LogP contribution is -2.30. The van der Waals surface area contributed by atoms with Gasteiger partial charge in [-0.15, -0.1) is 0 Å². The molecule has 4 heteroatoms. The molecule has 4 nitrogen and oxygen atoms in total. The van der Waals surface area contributed by atoms with Crippen molar-refractivity contribution in [1.29, 1.82) is 0 Å². The van der Waals surface area contributed by atoms with Crippen molar-refractivity contribution in [3.63, 3.8) is 0 Å². The number of ether oxygens (including phenoxy) is 1. The Morgan fingerprint density at radius 3 is 2.50 bits per heavy atom. The molecular weight excluding hydrogens is 278 g/mol. The van der Waals surface area contributed by atoms with Gasteiger partial charge in [0.15, 0.2) is 6.10 Å². The minimum absolute atomic E-state index is 0.0552. The Balaban J connectivity index is 2.02. The molecule has 0 aliphatic rings. The molecule has 0 radical (unpaired) electrons. The molecule has 116 valence electrons. The van der Waals surface area contributed by atoms with Crippen LogP contribution < -0.4 is 10.1 Å². The quantitative estimate of drug-likeness (QED) is 0.891. The van der Waals surface area contributed by atoms with Crippen LogP contribution in [0.3, 0.4) is 0 Å². The fraction of sp³-hybridized carbons (Fsp3) is 0.278. The molecule has 0 aliphatic carbocycles. The van der Waals surface area contributed by atoms with Gasteiger partial charge in [0.25, 0.3) is 5.91 Å². The first kappa shape index (κ1) is 16.0. The van der Waals surface area contributed by atoms with E-state index in [1.807, 2.05) is 26.0 Å². The van der Waals surface area contributed by atoms with Crippen molar-refractivity contribution in [3.8, 4) is 5.75 Å². The molecule has 0 heterocycles. The minimum Gasteiger partial charge on any atom is -0.481 e. The summed E-state index contributed by atoms with van der Waals surface area (Å²) in [7, 11) is 0. The van der Waals surface area contributed by atoms with Gasteiger partial charge in [-0.3, -0.25) is 4.79 Å². The van der Waals surface area contributed by atoms with Gasteiger partial charge >= 0.3 is 0 Å². The largest absolute Gasteiger partial charge is 0.481 e. The van der Waals surface area contributed by atoms with E-state index in [9.17, 15) is 4.79 Å². The topological polar surface area (TPSA) is 58.6 Å². The van der Waals surface area contributed by atoms with Crippen LogP contribution in [0, 0.1) is 13.8 Å². The van der Waals surface area contributed by atoms with Crippen molar-refractivity contribution in [2.24, 2.45) is 0 Å². The number of carbonyl (C=O) groups excluding carboxylic acids is 1. The van der Waals surface area contributed by atoms with Gasteiger partial charge in [0.05, 0.1) is 6.61 Å². The van der Waals surface area contributed by atoms with E-state index in [0.29, 0.717) is 5.75 Å². The van der Waals surface area contributed by atoms with E-state index >= 15 is 0 Å². The highest BCUT2D eigenvalue weighted by Gasteiger charge is 2.15. The minimum atomic E-state index is -0.630. The van der Waals surface area contributed by atoms with Crippen molar-refractivity contribution in [2.45, 2.75) is 33.5 Å². The second-order valence-corrected chi connectivity index (χ2v) is 5.43. The third kappa shape index (κ3) is 4.33. The van der Waals surface area contributed by atoms with E-state index in [1.165, 1.54) is 0 Å². The number of aliphatic hydroxyl groups excluding tert-OH is 1. The molecule has 1 atom stereocenters. The molecule has 0 spiro atoms. The highest BCUT2D eigenvalue weighted by Crippen LogP contribution is 2.17. The first-order valence-corrected chi connectivity index (χ1v) is 7.23. The van der Waals surface area contributed by atoms with Gasteiger partial charge in [-0.25, -0.2) is 0 Å². The highest BCUT2D eigenvalue weighted by atomic mass is 16.5. The average Bonchev–Trinajstić information content (AvgIpc) is 2.46. The summed E-state index contributed by atoms with van der Waals surface area (Å²) < 4.78 is 5.63. The number of benzene rings is 2. The third-order valence-corrected chi connectivity index (χ3v) is 3.25. The van der Waals surface area contributed by atoms with Crippen LogP contribution in [0.2, 0.25) is 0 Å². The number of carbonyl (C=O) groups is 1. The van der Waals surface area contributed by atoms with Crippen LogP contribution in [-0.4, -0.2) is 17.1 Å². The maximum Gasteiger partial charge on any atom is 0.265 e. The van der Waals surface area contributed by atoms with Gasteiger partial charge in [0, 0.05) is 5.69 Å². The smallest absolute Gasteiger partial charge is 0.265 e. The van der Waals surface area contributed by atoms with Crippen molar-refractivity contribution < 1.29 is 14.6 Å². The SMILES string of the molecule is Cc1cc(C)cc(NC(=O)C(C)Oc2cccc(CO)c2)c1. The van der Waals surface area contributed by atoms with Crippen LogP contribution in [0.15, 0.2) is 42.5 Å². The zero-order valence-corrected chi connectivity index (χ0v) is 13.1. The van der Waals surface area contributed by atoms with Crippen molar-refractivity contribution in [2.75, 3.05) is 5.32 Å². The molecule has 2 aromatic carbocycles. The molecule has 1 unspecified atom stereocenters. The predicted molar refractivity (Wildman–Crippen MR) is 87.0 cm³/mol. The second kappa shape index (κ2) is 7.09. The Kier molecular flexibility index (Phi) is 5.17. The fourth-order valence-electron chi connectivity index (χ4n) is 2.27. The second-order valence-electron chi connectivity index (χ2n) is 5.43. The molecule has 2 rings (SSSR count). The Labute approximate surface area is 130 Å². The summed E-state index contributed by atoms with van der Waals surface area (Å²) in [4.78, 5) is 12.2. The monoisotopic (exact) mass is 299 g/mol. The summed E-state index contributed by atoms with van der Waals surface area (Å²) in [6.07, 6.45) is -0.630. The maximum absolute atomic E-state index is 12.2.